The standard InChI is InChI=1S/C14H25NO2/c1-14(2,15-8-10-17-11-9-15)13(16)12-6-4-3-5-7-12/h12H,3-11H2,1-2H3. The summed E-state index contributed by atoms with van der Waals surface area (Å²) >= 11 is 0. The Kier molecular flexibility index (Phi) is 4.21. The molecule has 1 saturated heterocycles. The average molecular weight is 239 g/mol. The summed E-state index contributed by atoms with van der Waals surface area (Å²) in [5.74, 6) is 0.765. The van der Waals surface area contributed by atoms with Crippen molar-refractivity contribution in [2.24, 2.45) is 5.92 Å². The van der Waals surface area contributed by atoms with Gasteiger partial charge >= 0.3 is 0 Å². The number of ketones is 1. The molecule has 0 radical (unpaired) electrons. The quantitative estimate of drug-likeness (QED) is 0.756. The molecule has 2 fully saturated rings. The van der Waals surface area contributed by atoms with E-state index in [4.69, 9.17) is 4.74 Å². The van der Waals surface area contributed by atoms with Gasteiger partial charge in [0.15, 0.2) is 5.78 Å². The largest absolute Gasteiger partial charge is 0.379 e. The monoisotopic (exact) mass is 239 g/mol. The predicted molar refractivity (Wildman–Crippen MR) is 68.1 cm³/mol. The molecule has 0 spiro atoms. The molecule has 1 heterocycles. The molecule has 0 N–H and O–H groups in total. The van der Waals surface area contributed by atoms with E-state index in [1.807, 2.05) is 0 Å². The van der Waals surface area contributed by atoms with Gasteiger partial charge in [0.05, 0.1) is 18.8 Å². The molecule has 0 amide bonds. The second-order valence-corrected chi connectivity index (χ2v) is 5.86. The number of rotatable bonds is 3. The van der Waals surface area contributed by atoms with Crippen molar-refractivity contribution in [3.8, 4) is 0 Å². The van der Waals surface area contributed by atoms with Crippen molar-refractivity contribution in [1.29, 1.82) is 0 Å². The number of morpholine rings is 1. The maximum absolute atomic E-state index is 12.6. The first-order valence-corrected chi connectivity index (χ1v) is 6.99. The first-order chi connectivity index (χ1) is 8.12. The van der Waals surface area contributed by atoms with Gasteiger partial charge in [0.2, 0.25) is 0 Å². The Labute approximate surface area is 105 Å². The first kappa shape index (κ1) is 13.0. The molecule has 0 aromatic rings. The molecule has 0 bridgehead atoms. The minimum absolute atomic E-state index is 0.300. The zero-order valence-corrected chi connectivity index (χ0v) is 11.2. The van der Waals surface area contributed by atoms with Crippen molar-refractivity contribution < 1.29 is 9.53 Å². The third-order valence-electron chi connectivity index (χ3n) is 4.38. The Morgan fingerprint density at radius 2 is 1.71 bits per heavy atom. The van der Waals surface area contributed by atoms with E-state index in [1.165, 1.54) is 19.3 Å². The Bertz CT molecular complexity index is 263. The number of carbonyl (C=O) groups is 1. The SMILES string of the molecule is CC(C)(C(=O)C1CCCCC1)N1CCOCC1. The Hall–Kier alpha value is -0.410. The van der Waals surface area contributed by atoms with Crippen molar-refractivity contribution in [2.75, 3.05) is 26.3 Å². The van der Waals surface area contributed by atoms with Crippen LogP contribution in [-0.2, 0) is 9.53 Å². The molecular weight excluding hydrogens is 214 g/mol. The van der Waals surface area contributed by atoms with Crippen LogP contribution in [0.5, 0.6) is 0 Å². The molecule has 0 aromatic heterocycles. The van der Waals surface area contributed by atoms with Gasteiger partial charge in [-0.15, -0.1) is 0 Å². The van der Waals surface area contributed by atoms with E-state index < -0.39 is 0 Å². The van der Waals surface area contributed by atoms with Crippen LogP contribution in [0.1, 0.15) is 46.0 Å². The number of Topliss-reactive ketones (excluding diaryl/α,β-unsaturated/α-hetero) is 1. The fourth-order valence-electron chi connectivity index (χ4n) is 3.14. The van der Waals surface area contributed by atoms with Crippen molar-refractivity contribution in [3.63, 3.8) is 0 Å². The molecule has 1 aliphatic carbocycles. The molecule has 0 unspecified atom stereocenters. The van der Waals surface area contributed by atoms with E-state index in [0.717, 1.165) is 39.1 Å². The zero-order chi connectivity index (χ0) is 12.3. The molecule has 2 aliphatic rings. The minimum Gasteiger partial charge on any atom is -0.379 e. The summed E-state index contributed by atoms with van der Waals surface area (Å²) < 4.78 is 5.37. The van der Waals surface area contributed by atoms with E-state index in [1.54, 1.807) is 0 Å². The van der Waals surface area contributed by atoms with Crippen LogP contribution in [0, 0.1) is 5.92 Å². The molecule has 3 heteroatoms. The second-order valence-electron chi connectivity index (χ2n) is 5.86. The number of hydrogen-bond acceptors (Lipinski definition) is 3. The predicted octanol–water partition coefficient (Wildman–Crippen LogP) is 2.25. The average Bonchev–Trinajstić information content (AvgIpc) is 2.40. The highest BCUT2D eigenvalue weighted by atomic mass is 16.5. The smallest absolute Gasteiger partial charge is 0.155 e. The maximum atomic E-state index is 12.6. The lowest BCUT2D eigenvalue weighted by Crippen LogP contribution is -2.56. The summed E-state index contributed by atoms with van der Waals surface area (Å²) in [7, 11) is 0. The summed E-state index contributed by atoms with van der Waals surface area (Å²) in [6.45, 7) is 7.50. The molecule has 98 valence electrons. The summed E-state index contributed by atoms with van der Waals surface area (Å²) in [4.78, 5) is 14.9. The van der Waals surface area contributed by atoms with Crippen molar-refractivity contribution in [2.45, 2.75) is 51.5 Å². The highest BCUT2D eigenvalue weighted by molar-refractivity contribution is 5.89. The van der Waals surface area contributed by atoms with Gasteiger partial charge in [-0.2, -0.15) is 0 Å². The van der Waals surface area contributed by atoms with Crippen LogP contribution in [0.3, 0.4) is 0 Å². The molecule has 1 saturated carbocycles. The van der Waals surface area contributed by atoms with Crippen LogP contribution in [0.15, 0.2) is 0 Å². The van der Waals surface area contributed by atoms with E-state index in [-0.39, 0.29) is 5.54 Å². The lowest BCUT2D eigenvalue weighted by molar-refractivity contribution is -0.137. The van der Waals surface area contributed by atoms with Crippen LogP contribution in [0.4, 0.5) is 0 Å². The van der Waals surface area contributed by atoms with Gasteiger partial charge in [-0.05, 0) is 26.7 Å². The highest BCUT2D eigenvalue weighted by Crippen LogP contribution is 2.30. The van der Waals surface area contributed by atoms with Gasteiger partial charge in [0.1, 0.15) is 0 Å². The lowest BCUT2D eigenvalue weighted by atomic mass is 9.79. The lowest BCUT2D eigenvalue weighted by Gasteiger charge is -2.41. The van der Waals surface area contributed by atoms with E-state index in [2.05, 4.69) is 18.7 Å². The molecule has 0 aromatic carbocycles. The highest BCUT2D eigenvalue weighted by Gasteiger charge is 2.39. The Morgan fingerprint density at radius 1 is 1.12 bits per heavy atom. The summed E-state index contributed by atoms with van der Waals surface area (Å²) in [5, 5.41) is 0. The minimum atomic E-state index is -0.300. The Morgan fingerprint density at radius 3 is 2.29 bits per heavy atom. The first-order valence-electron chi connectivity index (χ1n) is 6.99. The van der Waals surface area contributed by atoms with Crippen LogP contribution in [0.25, 0.3) is 0 Å². The van der Waals surface area contributed by atoms with Crippen LogP contribution in [0.2, 0.25) is 0 Å². The van der Waals surface area contributed by atoms with Crippen LogP contribution < -0.4 is 0 Å². The number of carbonyl (C=O) groups excluding carboxylic acids is 1. The zero-order valence-electron chi connectivity index (χ0n) is 11.2. The fraction of sp³-hybridized carbons (Fsp3) is 0.929. The molecule has 0 atom stereocenters. The van der Waals surface area contributed by atoms with Crippen LogP contribution >= 0.6 is 0 Å². The van der Waals surface area contributed by atoms with Crippen molar-refractivity contribution >= 4 is 5.78 Å². The van der Waals surface area contributed by atoms with Crippen molar-refractivity contribution in [3.05, 3.63) is 0 Å². The summed E-state index contributed by atoms with van der Waals surface area (Å²) in [6.07, 6.45) is 5.98. The van der Waals surface area contributed by atoms with E-state index in [9.17, 15) is 4.79 Å². The topological polar surface area (TPSA) is 29.5 Å². The van der Waals surface area contributed by atoms with Gasteiger partial charge < -0.3 is 4.74 Å². The fourth-order valence-corrected chi connectivity index (χ4v) is 3.14. The van der Waals surface area contributed by atoms with Gasteiger partial charge in [0.25, 0.3) is 0 Å². The number of ether oxygens (including phenoxy) is 1. The second kappa shape index (κ2) is 5.49. The Balaban J connectivity index is 1.99. The van der Waals surface area contributed by atoms with E-state index >= 15 is 0 Å². The van der Waals surface area contributed by atoms with E-state index in [0.29, 0.717) is 11.7 Å². The molecule has 3 nitrogen and oxygen atoms in total. The maximum Gasteiger partial charge on any atom is 0.155 e. The molecule has 1 aliphatic heterocycles. The normalized spacial score (nSPS) is 24.8. The molecule has 2 rings (SSSR count). The van der Waals surface area contributed by atoms with Gasteiger partial charge in [0, 0.05) is 19.0 Å². The van der Waals surface area contributed by atoms with Gasteiger partial charge in [-0.25, -0.2) is 0 Å². The van der Waals surface area contributed by atoms with Crippen molar-refractivity contribution in [1.82, 2.24) is 4.90 Å². The summed E-state index contributed by atoms with van der Waals surface area (Å²) in [6, 6.07) is 0. The van der Waals surface area contributed by atoms with Gasteiger partial charge in [-0.3, -0.25) is 9.69 Å². The van der Waals surface area contributed by atoms with Crippen LogP contribution in [-0.4, -0.2) is 42.5 Å². The number of nitrogens with zero attached hydrogens (tertiary/aromatic N) is 1. The summed E-state index contributed by atoms with van der Waals surface area (Å²) in [5.41, 5.74) is -0.300. The molecular formula is C14H25NO2. The third kappa shape index (κ3) is 2.89. The molecule has 17 heavy (non-hydrogen) atoms. The third-order valence-corrected chi connectivity index (χ3v) is 4.38. The van der Waals surface area contributed by atoms with Gasteiger partial charge in [-0.1, -0.05) is 19.3 Å². The number of hydrogen-bond donors (Lipinski definition) is 0.